The van der Waals surface area contributed by atoms with Crippen LogP contribution in [-0.4, -0.2) is 41.4 Å². The molecule has 16 heavy (non-hydrogen) atoms. The number of halogens is 1. The first-order valence-electron chi connectivity index (χ1n) is 5.81. The Morgan fingerprint density at radius 3 is 2.56 bits per heavy atom. The van der Waals surface area contributed by atoms with Crippen molar-refractivity contribution in [2.45, 2.75) is 50.2 Å². The number of amides is 1. The Morgan fingerprint density at radius 1 is 1.50 bits per heavy atom. The minimum atomic E-state index is -1.17. The van der Waals surface area contributed by atoms with E-state index in [4.69, 9.17) is 10.8 Å². The zero-order valence-electron chi connectivity index (χ0n) is 9.79. The Labute approximate surface area is 95.6 Å². The topological polar surface area (TPSA) is 66.6 Å². The molecule has 1 rings (SSSR count). The Kier molecular flexibility index (Phi) is 4.53. The van der Waals surface area contributed by atoms with Crippen molar-refractivity contribution in [1.29, 1.82) is 0 Å². The molecule has 0 radical (unpaired) electrons. The summed E-state index contributed by atoms with van der Waals surface area (Å²) in [5.41, 5.74) is 4.61. The van der Waals surface area contributed by atoms with E-state index in [1.54, 1.807) is 0 Å². The summed E-state index contributed by atoms with van der Waals surface area (Å²) >= 11 is 0. The summed E-state index contributed by atoms with van der Waals surface area (Å²) < 4.78 is 14.2. The van der Waals surface area contributed by atoms with E-state index in [0.29, 0.717) is 12.8 Å². The van der Waals surface area contributed by atoms with Crippen molar-refractivity contribution >= 4 is 6.09 Å². The van der Waals surface area contributed by atoms with Crippen LogP contribution >= 0.6 is 0 Å². The standard InChI is InChI=1S/C11H21FN2O2/c1-14(10(15)16)8-9(13)7-11(12)5-3-2-4-6-11/h9H,2-8,13H2,1H3,(H,15,16). The van der Waals surface area contributed by atoms with Gasteiger partial charge in [0.25, 0.3) is 0 Å². The average Bonchev–Trinajstić information content (AvgIpc) is 2.17. The first kappa shape index (κ1) is 13.2. The second kappa shape index (κ2) is 5.48. The second-order valence-corrected chi connectivity index (χ2v) is 4.84. The van der Waals surface area contributed by atoms with Crippen LogP contribution < -0.4 is 5.73 Å². The Morgan fingerprint density at radius 2 is 2.06 bits per heavy atom. The van der Waals surface area contributed by atoms with E-state index in [1.807, 2.05) is 0 Å². The summed E-state index contributed by atoms with van der Waals surface area (Å²) in [7, 11) is 1.45. The Balaban J connectivity index is 2.37. The van der Waals surface area contributed by atoms with Crippen molar-refractivity contribution < 1.29 is 14.3 Å². The second-order valence-electron chi connectivity index (χ2n) is 4.84. The molecule has 3 N–H and O–H groups in total. The van der Waals surface area contributed by atoms with Gasteiger partial charge in [-0.25, -0.2) is 9.18 Å². The molecule has 0 bridgehead atoms. The molecular weight excluding hydrogens is 211 g/mol. The third-order valence-corrected chi connectivity index (χ3v) is 3.21. The molecule has 1 aliphatic rings. The van der Waals surface area contributed by atoms with Gasteiger partial charge in [-0.3, -0.25) is 0 Å². The highest BCUT2D eigenvalue weighted by Crippen LogP contribution is 2.35. The Hall–Kier alpha value is -0.840. The molecule has 1 atom stereocenters. The summed E-state index contributed by atoms with van der Waals surface area (Å²) in [5, 5.41) is 8.68. The predicted octanol–water partition coefficient (Wildman–Crippen LogP) is 1.99. The SMILES string of the molecule is CN(CC(N)CC1(F)CCCCC1)C(=O)O. The molecule has 4 nitrogen and oxygen atoms in total. The molecule has 1 fully saturated rings. The molecule has 0 spiro atoms. The van der Waals surface area contributed by atoms with Crippen LogP contribution in [0.3, 0.4) is 0 Å². The minimum absolute atomic E-state index is 0.195. The number of likely N-dealkylation sites (N-methyl/N-ethyl adjacent to an activating group) is 1. The van der Waals surface area contributed by atoms with Crippen molar-refractivity contribution in [3.63, 3.8) is 0 Å². The van der Waals surface area contributed by atoms with Crippen molar-refractivity contribution in [2.75, 3.05) is 13.6 Å². The van der Waals surface area contributed by atoms with Crippen LogP contribution in [0.4, 0.5) is 9.18 Å². The number of carboxylic acid groups (broad SMARTS) is 1. The maximum absolute atomic E-state index is 14.2. The molecule has 94 valence electrons. The first-order valence-corrected chi connectivity index (χ1v) is 5.81. The lowest BCUT2D eigenvalue weighted by Gasteiger charge is -2.32. The average molecular weight is 232 g/mol. The number of carbonyl (C=O) groups is 1. The van der Waals surface area contributed by atoms with Gasteiger partial charge in [0.2, 0.25) is 0 Å². The molecule has 1 saturated carbocycles. The van der Waals surface area contributed by atoms with Gasteiger partial charge < -0.3 is 15.7 Å². The zero-order valence-corrected chi connectivity index (χ0v) is 9.79. The summed E-state index contributed by atoms with van der Waals surface area (Å²) in [4.78, 5) is 11.7. The zero-order chi connectivity index (χ0) is 12.2. The van der Waals surface area contributed by atoms with Gasteiger partial charge in [-0.2, -0.15) is 0 Å². The molecular formula is C11H21FN2O2. The van der Waals surface area contributed by atoms with Crippen LogP contribution in [-0.2, 0) is 0 Å². The van der Waals surface area contributed by atoms with E-state index >= 15 is 0 Å². The van der Waals surface area contributed by atoms with Gasteiger partial charge >= 0.3 is 6.09 Å². The van der Waals surface area contributed by atoms with Crippen molar-refractivity contribution in [3.8, 4) is 0 Å². The molecule has 5 heteroatoms. The molecule has 0 aromatic rings. The van der Waals surface area contributed by atoms with E-state index in [-0.39, 0.29) is 13.0 Å². The lowest BCUT2D eigenvalue weighted by Crippen LogP contribution is -2.43. The summed E-state index contributed by atoms with van der Waals surface area (Å²) in [6.45, 7) is 0.195. The molecule has 0 heterocycles. The fourth-order valence-corrected chi connectivity index (χ4v) is 2.35. The maximum atomic E-state index is 14.2. The third kappa shape index (κ3) is 3.96. The molecule has 1 aliphatic carbocycles. The summed E-state index contributed by atoms with van der Waals surface area (Å²) in [6, 6.07) is -0.413. The molecule has 0 saturated heterocycles. The van der Waals surface area contributed by atoms with Gasteiger partial charge in [0.1, 0.15) is 5.67 Å². The number of nitrogens with two attached hydrogens (primary N) is 1. The normalized spacial score (nSPS) is 21.4. The van der Waals surface area contributed by atoms with Crippen LogP contribution in [0, 0.1) is 0 Å². The van der Waals surface area contributed by atoms with E-state index in [0.717, 1.165) is 24.2 Å². The summed E-state index contributed by atoms with van der Waals surface area (Å²) in [6.07, 6.45) is 3.30. The predicted molar refractivity (Wildman–Crippen MR) is 60.2 cm³/mol. The number of hydrogen-bond donors (Lipinski definition) is 2. The van der Waals surface area contributed by atoms with Crippen LogP contribution in [0.1, 0.15) is 38.5 Å². The molecule has 0 aliphatic heterocycles. The smallest absolute Gasteiger partial charge is 0.407 e. The Bertz CT molecular complexity index is 242. The van der Waals surface area contributed by atoms with Crippen LogP contribution in [0.15, 0.2) is 0 Å². The van der Waals surface area contributed by atoms with E-state index in [1.165, 1.54) is 7.05 Å². The van der Waals surface area contributed by atoms with Gasteiger partial charge in [0, 0.05) is 19.6 Å². The molecule has 1 amide bonds. The van der Waals surface area contributed by atoms with E-state index in [2.05, 4.69) is 0 Å². The van der Waals surface area contributed by atoms with Gasteiger partial charge in [-0.05, 0) is 19.3 Å². The number of alkyl halides is 1. The minimum Gasteiger partial charge on any atom is -0.465 e. The summed E-state index contributed by atoms with van der Waals surface area (Å²) in [5.74, 6) is 0. The monoisotopic (exact) mass is 232 g/mol. The first-order chi connectivity index (χ1) is 7.43. The molecule has 0 aromatic carbocycles. The third-order valence-electron chi connectivity index (χ3n) is 3.21. The van der Waals surface area contributed by atoms with E-state index < -0.39 is 17.8 Å². The molecule has 0 aromatic heterocycles. The van der Waals surface area contributed by atoms with Crippen molar-refractivity contribution in [3.05, 3.63) is 0 Å². The van der Waals surface area contributed by atoms with Crippen LogP contribution in [0.25, 0.3) is 0 Å². The van der Waals surface area contributed by atoms with Gasteiger partial charge in [-0.15, -0.1) is 0 Å². The fraction of sp³-hybridized carbons (Fsp3) is 0.909. The van der Waals surface area contributed by atoms with Gasteiger partial charge in [-0.1, -0.05) is 19.3 Å². The maximum Gasteiger partial charge on any atom is 0.407 e. The van der Waals surface area contributed by atoms with Crippen LogP contribution in [0.5, 0.6) is 0 Å². The lowest BCUT2D eigenvalue weighted by atomic mass is 9.82. The highest BCUT2D eigenvalue weighted by atomic mass is 19.1. The highest BCUT2D eigenvalue weighted by Gasteiger charge is 2.33. The van der Waals surface area contributed by atoms with Crippen molar-refractivity contribution in [1.82, 2.24) is 4.90 Å². The number of rotatable bonds is 4. The van der Waals surface area contributed by atoms with E-state index in [9.17, 15) is 9.18 Å². The lowest BCUT2D eigenvalue weighted by molar-refractivity contribution is 0.0816. The largest absolute Gasteiger partial charge is 0.465 e. The van der Waals surface area contributed by atoms with Gasteiger partial charge in [0.15, 0.2) is 0 Å². The van der Waals surface area contributed by atoms with Gasteiger partial charge in [0.05, 0.1) is 0 Å². The number of hydrogen-bond acceptors (Lipinski definition) is 2. The van der Waals surface area contributed by atoms with Crippen LogP contribution in [0.2, 0.25) is 0 Å². The number of nitrogens with zero attached hydrogens (tertiary/aromatic N) is 1. The molecule has 1 unspecified atom stereocenters. The fourth-order valence-electron chi connectivity index (χ4n) is 2.35. The van der Waals surface area contributed by atoms with Crippen molar-refractivity contribution in [2.24, 2.45) is 5.73 Å². The quantitative estimate of drug-likeness (QED) is 0.779. The highest BCUT2D eigenvalue weighted by molar-refractivity contribution is 5.64.